The lowest BCUT2D eigenvalue weighted by Gasteiger charge is -2.34. The number of rotatable bonds is 5. The van der Waals surface area contributed by atoms with Gasteiger partial charge in [-0.2, -0.15) is 0 Å². The van der Waals surface area contributed by atoms with Gasteiger partial charge < -0.3 is 15.5 Å². The molecule has 114 valence electrons. The molecule has 1 aliphatic heterocycles. The summed E-state index contributed by atoms with van der Waals surface area (Å²) in [5, 5.41) is 6.12. The molecule has 1 heterocycles. The molecular formula is C16H23N3O2. The van der Waals surface area contributed by atoms with Crippen LogP contribution in [0, 0.1) is 0 Å². The Labute approximate surface area is 125 Å². The number of hydrogen-bond acceptors (Lipinski definition) is 3. The number of piperazine rings is 1. The van der Waals surface area contributed by atoms with E-state index in [1.807, 2.05) is 23.1 Å². The largest absolute Gasteiger partial charge is 0.352 e. The van der Waals surface area contributed by atoms with Gasteiger partial charge in [-0.3, -0.25) is 9.59 Å². The van der Waals surface area contributed by atoms with E-state index in [9.17, 15) is 9.59 Å². The van der Waals surface area contributed by atoms with Crippen molar-refractivity contribution < 1.29 is 9.59 Å². The molecule has 0 aliphatic carbocycles. The van der Waals surface area contributed by atoms with Gasteiger partial charge in [0, 0.05) is 44.2 Å². The Morgan fingerprint density at radius 2 is 2.10 bits per heavy atom. The molecule has 0 radical (unpaired) electrons. The first-order valence-electron chi connectivity index (χ1n) is 7.52. The summed E-state index contributed by atoms with van der Waals surface area (Å²) < 4.78 is 0. The molecule has 5 heteroatoms. The molecule has 2 N–H and O–H groups in total. The lowest BCUT2D eigenvalue weighted by Crippen LogP contribution is -2.52. The Hall–Kier alpha value is -1.88. The smallest absolute Gasteiger partial charge is 0.251 e. The maximum absolute atomic E-state index is 12.1. The minimum Gasteiger partial charge on any atom is -0.352 e. The van der Waals surface area contributed by atoms with Crippen molar-refractivity contribution in [3.8, 4) is 0 Å². The lowest BCUT2D eigenvalue weighted by molar-refractivity contribution is -0.134. The van der Waals surface area contributed by atoms with E-state index in [0.29, 0.717) is 24.9 Å². The van der Waals surface area contributed by atoms with Crippen molar-refractivity contribution in [2.75, 3.05) is 26.2 Å². The summed E-state index contributed by atoms with van der Waals surface area (Å²) in [7, 11) is 0. The van der Waals surface area contributed by atoms with Crippen LogP contribution in [0.3, 0.4) is 0 Å². The SMILES string of the molecule is CC1CNCCN1C(=O)CCCNC(=O)c1ccccc1. The number of hydrogen-bond donors (Lipinski definition) is 2. The molecule has 1 saturated heterocycles. The highest BCUT2D eigenvalue weighted by molar-refractivity contribution is 5.94. The summed E-state index contributed by atoms with van der Waals surface area (Å²) in [4.78, 5) is 25.9. The van der Waals surface area contributed by atoms with E-state index >= 15 is 0 Å². The normalized spacial score (nSPS) is 18.3. The first-order chi connectivity index (χ1) is 10.2. The van der Waals surface area contributed by atoms with Crippen molar-refractivity contribution in [3.05, 3.63) is 35.9 Å². The number of nitrogens with one attached hydrogen (secondary N) is 2. The van der Waals surface area contributed by atoms with E-state index in [4.69, 9.17) is 0 Å². The van der Waals surface area contributed by atoms with Gasteiger partial charge in [0.25, 0.3) is 5.91 Å². The fourth-order valence-electron chi connectivity index (χ4n) is 2.49. The van der Waals surface area contributed by atoms with Crippen LogP contribution in [0.4, 0.5) is 0 Å². The van der Waals surface area contributed by atoms with Gasteiger partial charge in [-0.05, 0) is 25.5 Å². The van der Waals surface area contributed by atoms with Crippen LogP contribution >= 0.6 is 0 Å². The molecule has 2 rings (SSSR count). The Morgan fingerprint density at radius 3 is 2.81 bits per heavy atom. The number of nitrogens with zero attached hydrogens (tertiary/aromatic N) is 1. The van der Waals surface area contributed by atoms with Gasteiger partial charge in [-0.25, -0.2) is 0 Å². The molecule has 0 spiro atoms. The molecule has 0 bridgehead atoms. The molecule has 1 unspecified atom stereocenters. The summed E-state index contributed by atoms with van der Waals surface area (Å²) in [6.07, 6.45) is 1.16. The fraction of sp³-hybridized carbons (Fsp3) is 0.500. The second-order valence-electron chi connectivity index (χ2n) is 5.37. The quantitative estimate of drug-likeness (QED) is 0.796. The molecule has 21 heavy (non-hydrogen) atoms. The molecule has 1 aliphatic rings. The van der Waals surface area contributed by atoms with Gasteiger partial charge in [0.2, 0.25) is 5.91 Å². The van der Waals surface area contributed by atoms with Crippen LogP contribution in [0.25, 0.3) is 0 Å². The lowest BCUT2D eigenvalue weighted by atomic mass is 10.1. The molecular weight excluding hydrogens is 266 g/mol. The molecule has 1 aromatic carbocycles. The third kappa shape index (κ3) is 4.56. The second-order valence-corrected chi connectivity index (χ2v) is 5.37. The van der Waals surface area contributed by atoms with E-state index in [1.165, 1.54) is 0 Å². The first kappa shape index (κ1) is 15.5. The first-order valence-corrected chi connectivity index (χ1v) is 7.52. The van der Waals surface area contributed by atoms with Gasteiger partial charge in [-0.1, -0.05) is 18.2 Å². The van der Waals surface area contributed by atoms with Gasteiger partial charge in [0.15, 0.2) is 0 Å². The van der Waals surface area contributed by atoms with Gasteiger partial charge in [-0.15, -0.1) is 0 Å². The van der Waals surface area contributed by atoms with Crippen LogP contribution in [0.5, 0.6) is 0 Å². The van der Waals surface area contributed by atoms with Crippen molar-refractivity contribution >= 4 is 11.8 Å². The van der Waals surface area contributed by atoms with Gasteiger partial charge in [0.05, 0.1) is 0 Å². The van der Waals surface area contributed by atoms with Crippen molar-refractivity contribution in [1.29, 1.82) is 0 Å². The number of carbonyl (C=O) groups excluding carboxylic acids is 2. The van der Waals surface area contributed by atoms with Crippen molar-refractivity contribution in [1.82, 2.24) is 15.5 Å². The number of amides is 2. The Kier molecular flexibility index (Phi) is 5.75. The van der Waals surface area contributed by atoms with E-state index in [0.717, 1.165) is 19.6 Å². The summed E-state index contributed by atoms with van der Waals surface area (Å²) in [6, 6.07) is 9.37. The molecule has 0 saturated carbocycles. The highest BCUT2D eigenvalue weighted by Crippen LogP contribution is 2.06. The number of carbonyl (C=O) groups is 2. The summed E-state index contributed by atoms with van der Waals surface area (Å²) in [5.74, 6) is 0.0940. The Morgan fingerprint density at radius 1 is 1.33 bits per heavy atom. The van der Waals surface area contributed by atoms with Gasteiger partial charge >= 0.3 is 0 Å². The summed E-state index contributed by atoms with van der Waals surface area (Å²) >= 11 is 0. The molecule has 5 nitrogen and oxygen atoms in total. The van der Waals surface area contributed by atoms with Crippen molar-refractivity contribution in [3.63, 3.8) is 0 Å². The minimum atomic E-state index is -0.0846. The van der Waals surface area contributed by atoms with Crippen LogP contribution in [0.1, 0.15) is 30.1 Å². The van der Waals surface area contributed by atoms with E-state index in [1.54, 1.807) is 12.1 Å². The molecule has 1 atom stereocenters. The summed E-state index contributed by atoms with van der Waals surface area (Å²) in [5.41, 5.74) is 0.652. The van der Waals surface area contributed by atoms with E-state index in [2.05, 4.69) is 17.6 Å². The molecule has 1 fully saturated rings. The highest BCUT2D eigenvalue weighted by Gasteiger charge is 2.22. The predicted octanol–water partition coefficient (Wildman–Crippen LogP) is 1.02. The molecule has 1 aromatic rings. The topological polar surface area (TPSA) is 61.4 Å². The van der Waals surface area contributed by atoms with Crippen LogP contribution in [-0.2, 0) is 4.79 Å². The Balaban J connectivity index is 1.67. The van der Waals surface area contributed by atoms with E-state index in [-0.39, 0.29) is 17.9 Å². The average Bonchev–Trinajstić information content (AvgIpc) is 2.52. The van der Waals surface area contributed by atoms with Crippen LogP contribution in [-0.4, -0.2) is 48.9 Å². The zero-order chi connectivity index (χ0) is 15.1. The third-order valence-electron chi connectivity index (χ3n) is 3.71. The van der Waals surface area contributed by atoms with Gasteiger partial charge in [0.1, 0.15) is 0 Å². The highest BCUT2D eigenvalue weighted by atomic mass is 16.2. The average molecular weight is 289 g/mol. The maximum Gasteiger partial charge on any atom is 0.251 e. The standard InChI is InChI=1S/C16H23N3O2/c1-13-12-17-10-11-19(13)15(20)8-5-9-18-16(21)14-6-3-2-4-7-14/h2-4,6-7,13,17H,5,8-12H2,1H3,(H,18,21). The molecule has 2 amide bonds. The van der Waals surface area contributed by atoms with Crippen molar-refractivity contribution in [2.45, 2.75) is 25.8 Å². The van der Waals surface area contributed by atoms with Crippen LogP contribution in [0.15, 0.2) is 30.3 Å². The van der Waals surface area contributed by atoms with Crippen LogP contribution < -0.4 is 10.6 Å². The number of benzene rings is 1. The zero-order valence-electron chi connectivity index (χ0n) is 12.5. The monoisotopic (exact) mass is 289 g/mol. The predicted molar refractivity (Wildman–Crippen MR) is 82.1 cm³/mol. The second kappa shape index (κ2) is 7.78. The maximum atomic E-state index is 12.1. The van der Waals surface area contributed by atoms with Crippen molar-refractivity contribution in [2.24, 2.45) is 0 Å². The van der Waals surface area contributed by atoms with E-state index < -0.39 is 0 Å². The molecule has 0 aromatic heterocycles. The Bertz CT molecular complexity index is 476. The van der Waals surface area contributed by atoms with Crippen LogP contribution in [0.2, 0.25) is 0 Å². The third-order valence-corrected chi connectivity index (χ3v) is 3.71. The summed E-state index contributed by atoms with van der Waals surface area (Å²) in [6.45, 7) is 5.08. The zero-order valence-corrected chi connectivity index (χ0v) is 12.5. The minimum absolute atomic E-state index is 0.0846. The fourth-order valence-corrected chi connectivity index (χ4v) is 2.49.